The molecule has 2 aliphatic heterocycles. The van der Waals surface area contributed by atoms with Crippen molar-refractivity contribution in [3.05, 3.63) is 76.7 Å². The maximum Gasteiger partial charge on any atom is 0.322 e. The first-order valence-corrected chi connectivity index (χ1v) is 12.9. The smallest absolute Gasteiger partial charge is 0.322 e. The number of amides is 3. The van der Waals surface area contributed by atoms with Crippen LogP contribution in [0, 0.1) is 6.92 Å². The molecule has 1 N–H and O–H groups in total. The van der Waals surface area contributed by atoms with Gasteiger partial charge in [-0.05, 0) is 67.3 Å². The molecule has 0 radical (unpaired) electrons. The summed E-state index contributed by atoms with van der Waals surface area (Å²) in [5.74, 6) is 1.73. The predicted octanol–water partition coefficient (Wildman–Crippen LogP) is 5.21. The van der Waals surface area contributed by atoms with E-state index in [1.165, 1.54) is 4.90 Å². The summed E-state index contributed by atoms with van der Waals surface area (Å²) in [6.45, 7) is 3.45. The highest BCUT2D eigenvalue weighted by Gasteiger charge is 2.27. The van der Waals surface area contributed by atoms with Crippen molar-refractivity contribution < 1.29 is 28.2 Å². The van der Waals surface area contributed by atoms with Gasteiger partial charge in [0, 0.05) is 30.4 Å². The molecule has 0 saturated carbocycles. The zero-order chi connectivity index (χ0) is 26.5. The molecule has 3 heterocycles. The van der Waals surface area contributed by atoms with Gasteiger partial charge in [0.15, 0.2) is 11.5 Å². The Hall–Kier alpha value is -3.69. The van der Waals surface area contributed by atoms with Gasteiger partial charge in [0.1, 0.15) is 12.3 Å². The van der Waals surface area contributed by atoms with E-state index in [-0.39, 0.29) is 31.9 Å². The number of nitrogens with zero attached hydrogens (tertiary/aromatic N) is 2. The van der Waals surface area contributed by atoms with Crippen molar-refractivity contribution in [1.82, 2.24) is 9.80 Å². The minimum absolute atomic E-state index is 0.123. The number of aryl methyl sites for hydroxylation is 1. The van der Waals surface area contributed by atoms with Crippen molar-refractivity contribution in [2.45, 2.75) is 39.0 Å². The molecule has 5 rings (SSSR count). The van der Waals surface area contributed by atoms with E-state index in [0.29, 0.717) is 47.7 Å². The second kappa shape index (κ2) is 11.8. The average Bonchev–Trinajstić information content (AvgIpc) is 3.68. The molecular weight excluding hydrogens is 510 g/mol. The number of urea groups is 1. The Morgan fingerprint density at radius 1 is 1.05 bits per heavy atom. The van der Waals surface area contributed by atoms with Crippen LogP contribution in [0.5, 0.6) is 11.5 Å². The third-order valence-electron chi connectivity index (χ3n) is 6.57. The van der Waals surface area contributed by atoms with Crippen LogP contribution in [0.1, 0.15) is 29.7 Å². The molecule has 0 bridgehead atoms. The van der Waals surface area contributed by atoms with Crippen LogP contribution in [0.15, 0.2) is 59.2 Å². The zero-order valence-electron chi connectivity index (χ0n) is 21.2. The van der Waals surface area contributed by atoms with E-state index in [2.05, 4.69) is 5.32 Å². The number of rotatable bonds is 9. The van der Waals surface area contributed by atoms with Gasteiger partial charge in [-0.3, -0.25) is 4.79 Å². The highest BCUT2D eigenvalue weighted by molar-refractivity contribution is 6.31. The Morgan fingerprint density at radius 3 is 2.68 bits per heavy atom. The first-order valence-electron chi connectivity index (χ1n) is 12.6. The molecule has 3 aromatic rings. The summed E-state index contributed by atoms with van der Waals surface area (Å²) >= 11 is 6.25. The molecule has 0 spiro atoms. The van der Waals surface area contributed by atoms with Gasteiger partial charge >= 0.3 is 6.03 Å². The fourth-order valence-corrected chi connectivity index (χ4v) is 4.65. The SMILES string of the molecule is Cc1ccc(NC(=O)N(CC(=O)N(Cc2ccc3c(c2)OCO3)Cc2ccco2)CC2CCCO2)cc1Cl. The molecule has 1 saturated heterocycles. The van der Waals surface area contributed by atoms with Crippen molar-refractivity contribution >= 4 is 29.2 Å². The lowest BCUT2D eigenvalue weighted by atomic mass is 10.1. The number of halogens is 1. The van der Waals surface area contributed by atoms with Crippen LogP contribution in [0.4, 0.5) is 10.5 Å². The van der Waals surface area contributed by atoms with Gasteiger partial charge in [-0.2, -0.15) is 0 Å². The summed E-state index contributed by atoms with van der Waals surface area (Å²) < 4.78 is 22.2. The van der Waals surface area contributed by atoms with E-state index in [4.69, 9.17) is 30.2 Å². The van der Waals surface area contributed by atoms with Crippen LogP contribution in [0.2, 0.25) is 5.02 Å². The Morgan fingerprint density at radius 2 is 1.92 bits per heavy atom. The fourth-order valence-electron chi connectivity index (χ4n) is 4.47. The lowest BCUT2D eigenvalue weighted by molar-refractivity contribution is -0.133. The van der Waals surface area contributed by atoms with Gasteiger partial charge in [0.05, 0.1) is 18.9 Å². The molecule has 1 atom stereocenters. The molecule has 1 fully saturated rings. The van der Waals surface area contributed by atoms with E-state index in [9.17, 15) is 9.59 Å². The molecule has 0 aliphatic carbocycles. The Labute approximate surface area is 226 Å². The van der Waals surface area contributed by atoms with Gasteiger partial charge in [-0.25, -0.2) is 4.79 Å². The fraction of sp³-hybridized carbons (Fsp3) is 0.357. The number of anilines is 1. The number of nitrogens with one attached hydrogen (secondary N) is 1. The van der Waals surface area contributed by atoms with Gasteiger partial charge in [-0.1, -0.05) is 23.7 Å². The molecular formula is C28H30ClN3O6. The normalized spacial score (nSPS) is 15.9. The standard InChI is InChI=1S/C28H30ClN3O6/c1-19-6-8-21(13-24(19)29)30-28(34)32(16-23-5-3-11-36-23)17-27(33)31(15-22-4-2-10-35-22)14-20-7-9-25-26(12-20)38-18-37-25/h2,4,6-10,12-13,23H,3,5,11,14-18H2,1H3,(H,30,34). The maximum atomic E-state index is 13.7. The van der Waals surface area contributed by atoms with Crippen molar-refractivity contribution in [1.29, 1.82) is 0 Å². The van der Waals surface area contributed by atoms with E-state index < -0.39 is 6.03 Å². The molecule has 9 nitrogen and oxygen atoms in total. The molecule has 3 amide bonds. The predicted molar refractivity (Wildman–Crippen MR) is 141 cm³/mol. The number of carbonyl (C=O) groups excluding carboxylic acids is 2. The first kappa shape index (κ1) is 25.9. The molecule has 1 unspecified atom stereocenters. The quantitative estimate of drug-likeness (QED) is 0.401. The number of hydrogen-bond acceptors (Lipinski definition) is 6. The number of furan rings is 1. The second-order valence-corrected chi connectivity index (χ2v) is 9.83. The minimum atomic E-state index is -0.394. The lowest BCUT2D eigenvalue weighted by Gasteiger charge is -2.29. The third kappa shape index (κ3) is 6.41. The summed E-state index contributed by atoms with van der Waals surface area (Å²) in [5.41, 5.74) is 2.34. The van der Waals surface area contributed by atoms with E-state index in [1.807, 2.05) is 37.3 Å². The summed E-state index contributed by atoms with van der Waals surface area (Å²) in [5, 5.41) is 3.43. The lowest BCUT2D eigenvalue weighted by Crippen LogP contribution is -2.46. The van der Waals surface area contributed by atoms with Gasteiger partial charge in [0.25, 0.3) is 0 Å². The van der Waals surface area contributed by atoms with Crippen molar-refractivity contribution in [2.75, 3.05) is 31.8 Å². The highest BCUT2D eigenvalue weighted by Crippen LogP contribution is 2.33. The van der Waals surface area contributed by atoms with Crippen LogP contribution in [0.25, 0.3) is 0 Å². The van der Waals surface area contributed by atoms with Crippen LogP contribution in [0.3, 0.4) is 0 Å². The van der Waals surface area contributed by atoms with Crippen molar-refractivity contribution in [3.63, 3.8) is 0 Å². The Kier molecular flexibility index (Phi) is 8.05. The van der Waals surface area contributed by atoms with Gasteiger partial charge < -0.3 is 33.7 Å². The average molecular weight is 540 g/mol. The van der Waals surface area contributed by atoms with Crippen LogP contribution in [-0.2, 0) is 22.6 Å². The number of carbonyl (C=O) groups is 2. The first-order chi connectivity index (χ1) is 18.4. The van der Waals surface area contributed by atoms with E-state index >= 15 is 0 Å². The van der Waals surface area contributed by atoms with E-state index in [0.717, 1.165) is 24.0 Å². The summed E-state index contributed by atoms with van der Waals surface area (Å²) in [6.07, 6.45) is 3.21. The van der Waals surface area contributed by atoms with Crippen LogP contribution >= 0.6 is 11.6 Å². The van der Waals surface area contributed by atoms with Crippen molar-refractivity contribution in [3.8, 4) is 11.5 Å². The minimum Gasteiger partial charge on any atom is -0.467 e. The Bertz CT molecular complexity index is 1280. The van der Waals surface area contributed by atoms with Crippen LogP contribution in [-0.4, -0.2) is 54.3 Å². The number of fused-ring (bicyclic) bond motifs is 1. The number of hydrogen-bond donors (Lipinski definition) is 1. The topological polar surface area (TPSA) is 93.5 Å². The molecule has 10 heteroatoms. The monoisotopic (exact) mass is 539 g/mol. The molecule has 1 aromatic heterocycles. The highest BCUT2D eigenvalue weighted by atomic mass is 35.5. The Balaban J connectivity index is 1.33. The summed E-state index contributed by atoms with van der Waals surface area (Å²) in [7, 11) is 0. The number of benzene rings is 2. The molecule has 2 aromatic carbocycles. The second-order valence-electron chi connectivity index (χ2n) is 9.43. The number of ether oxygens (including phenoxy) is 3. The van der Waals surface area contributed by atoms with E-state index in [1.54, 1.807) is 29.4 Å². The maximum absolute atomic E-state index is 13.7. The third-order valence-corrected chi connectivity index (χ3v) is 6.98. The van der Waals surface area contributed by atoms with Crippen LogP contribution < -0.4 is 14.8 Å². The van der Waals surface area contributed by atoms with Gasteiger partial charge in [0.2, 0.25) is 12.7 Å². The molecule has 200 valence electrons. The zero-order valence-corrected chi connectivity index (χ0v) is 21.9. The molecule has 2 aliphatic rings. The van der Waals surface area contributed by atoms with Gasteiger partial charge in [-0.15, -0.1) is 0 Å². The van der Waals surface area contributed by atoms with Crippen molar-refractivity contribution in [2.24, 2.45) is 0 Å². The largest absolute Gasteiger partial charge is 0.467 e. The summed E-state index contributed by atoms with van der Waals surface area (Å²) in [6, 6.07) is 14.1. The molecule has 38 heavy (non-hydrogen) atoms. The summed E-state index contributed by atoms with van der Waals surface area (Å²) in [4.78, 5) is 30.2.